The molecular formula is C17H28ClN3O4S. The lowest BCUT2D eigenvalue weighted by Gasteiger charge is -2.31. The van der Waals surface area contributed by atoms with Crippen molar-refractivity contribution in [3.05, 3.63) is 23.8 Å². The fourth-order valence-corrected chi connectivity index (χ4v) is 4.40. The average molecular weight is 406 g/mol. The summed E-state index contributed by atoms with van der Waals surface area (Å²) < 4.78 is 32.8. The minimum atomic E-state index is -3.76. The van der Waals surface area contributed by atoms with Gasteiger partial charge in [0.05, 0.1) is 7.11 Å². The van der Waals surface area contributed by atoms with Crippen molar-refractivity contribution in [1.29, 1.82) is 0 Å². The van der Waals surface area contributed by atoms with E-state index in [2.05, 4.69) is 10.0 Å². The van der Waals surface area contributed by atoms with Crippen molar-refractivity contribution in [3.63, 3.8) is 0 Å². The van der Waals surface area contributed by atoms with Crippen molar-refractivity contribution in [2.24, 2.45) is 0 Å². The molecule has 0 atom stereocenters. The van der Waals surface area contributed by atoms with Crippen molar-refractivity contribution in [2.75, 3.05) is 27.2 Å². The van der Waals surface area contributed by atoms with Gasteiger partial charge in [0, 0.05) is 24.7 Å². The zero-order valence-corrected chi connectivity index (χ0v) is 17.2. The zero-order valence-electron chi connectivity index (χ0n) is 15.6. The predicted molar refractivity (Wildman–Crippen MR) is 104 cm³/mol. The molecule has 148 valence electrons. The van der Waals surface area contributed by atoms with Crippen molar-refractivity contribution < 1.29 is 17.9 Å². The molecular weight excluding hydrogens is 378 g/mol. The minimum Gasteiger partial charge on any atom is -0.495 e. The highest BCUT2D eigenvalue weighted by Crippen LogP contribution is 2.26. The topological polar surface area (TPSA) is 87.7 Å². The van der Waals surface area contributed by atoms with Crippen LogP contribution in [0.25, 0.3) is 0 Å². The average Bonchev–Trinajstić information content (AvgIpc) is 2.59. The molecule has 1 aliphatic heterocycles. The van der Waals surface area contributed by atoms with E-state index in [9.17, 15) is 13.2 Å². The summed E-state index contributed by atoms with van der Waals surface area (Å²) in [5.41, 5.74) is 0.339. The summed E-state index contributed by atoms with van der Waals surface area (Å²) in [7, 11) is -0.589. The van der Waals surface area contributed by atoms with Gasteiger partial charge in [-0.15, -0.1) is 12.4 Å². The first-order valence-electron chi connectivity index (χ1n) is 8.44. The molecule has 7 nitrogen and oxygen atoms in total. The number of nitrogens with zero attached hydrogens (tertiary/aromatic N) is 1. The van der Waals surface area contributed by atoms with Crippen LogP contribution >= 0.6 is 12.4 Å². The fourth-order valence-electron chi connectivity index (χ4n) is 2.96. The summed E-state index contributed by atoms with van der Waals surface area (Å²) in [6.45, 7) is 5.24. The maximum atomic E-state index is 12.8. The van der Waals surface area contributed by atoms with Gasteiger partial charge in [0.2, 0.25) is 10.0 Å². The number of carbonyl (C=O) groups is 1. The van der Waals surface area contributed by atoms with Crippen LogP contribution in [0.4, 0.5) is 0 Å². The minimum absolute atomic E-state index is 0. The van der Waals surface area contributed by atoms with Gasteiger partial charge < -0.3 is 15.0 Å². The molecule has 2 rings (SSSR count). The number of hydrogen-bond acceptors (Lipinski definition) is 5. The van der Waals surface area contributed by atoms with Crippen LogP contribution in [0.3, 0.4) is 0 Å². The predicted octanol–water partition coefficient (Wildman–Crippen LogP) is 1.63. The molecule has 0 spiro atoms. The van der Waals surface area contributed by atoms with Crippen LogP contribution < -0.4 is 14.8 Å². The Bertz CT molecular complexity index is 719. The van der Waals surface area contributed by atoms with E-state index in [4.69, 9.17) is 4.74 Å². The number of carbonyl (C=O) groups excluding carboxylic acids is 1. The first-order valence-corrected chi connectivity index (χ1v) is 9.93. The molecule has 1 aromatic carbocycles. The van der Waals surface area contributed by atoms with Crippen molar-refractivity contribution in [3.8, 4) is 5.75 Å². The Balaban J connectivity index is 0.00000338. The quantitative estimate of drug-likeness (QED) is 0.751. The number of benzene rings is 1. The number of amides is 1. The number of hydrogen-bond donors (Lipinski definition) is 2. The van der Waals surface area contributed by atoms with Gasteiger partial charge in [0.25, 0.3) is 5.91 Å². The van der Waals surface area contributed by atoms with E-state index in [-0.39, 0.29) is 41.0 Å². The summed E-state index contributed by atoms with van der Waals surface area (Å²) in [5.74, 6) is 0.0322. The molecule has 1 aliphatic rings. The molecule has 2 N–H and O–H groups in total. The van der Waals surface area contributed by atoms with Crippen LogP contribution in [0.1, 0.15) is 37.0 Å². The molecule has 0 aliphatic carbocycles. The number of halogens is 1. The SMILES string of the molecule is COc1ccc(C(=O)N(C)C2CCNCC2)cc1S(=O)(=O)NC(C)C.Cl. The van der Waals surface area contributed by atoms with Gasteiger partial charge in [0.1, 0.15) is 10.6 Å². The molecule has 1 aromatic rings. The number of methoxy groups -OCH3 is 1. The lowest BCUT2D eigenvalue weighted by molar-refractivity contribution is 0.0703. The highest BCUT2D eigenvalue weighted by molar-refractivity contribution is 7.89. The Morgan fingerprint density at radius 2 is 1.92 bits per heavy atom. The molecule has 0 saturated carbocycles. The fraction of sp³-hybridized carbons (Fsp3) is 0.588. The van der Waals surface area contributed by atoms with E-state index in [0.29, 0.717) is 5.56 Å². The van der Waals surface area contributed by atoms with E-state index in [1.54, 1.807) is 31.9 Å². The monoisotopic (exact) mass is 405 g/mol. The highest BCUT2D eigenvalue weighted by Gasteiger charge is 2.26. The Labute approximate surface area is 161 Å². The number of sulfonamides is 1. The summed E-state index contributed by atoms with van der Waals surface area (Å²) in [6, 6.07) is 4.42. The van der Waals surface area contributed by atoms with E-state index < -0.39 is 10.0 Å². The van der Waals surface area contributed by atoms with Gasteiger partial charge in [-0.25, -0.2) is 13.1 Å². The molecule has 0 aromatic heterocycles. The second kappa shape index (κ2) is 9.55. The summed E-state index contributed by atoms with van der Waals surface area (Å²) in [4.78, 5) is 14.5. The molecule has 0 unspecified atom stereocenters. The van der Waals surface area contributed by atoms with Crippen LogP contribution in [0, 0.1) is 0 Å². The molecule has 9 heteroatoms. The molecule has 26 heavy (non-hydrogen) atoms. The third-order valence-electron chi connectivity index (χ3n) is 4.27. The first-order chi connectivity index (χ1) is 11.8. The molecule has 1 amide bonds. The number of piperidine rings is 1. The Morgan fingerprint density at radius 3 is 2.46 bits per heavy atom. The summed E-state index contributed by atoms with van der Waals surface area (Å²) in [5, 5.41) is 3.27. The third kappa shape index (κ3) is 5.33. The lowest BCUT2D eigenvalue weighted by atomic mass is 10.0. The number of ether oxygens (including phenoxy) is 1. The van der Waals surface area contributed by atoms with Crippen LogP contribution in [0.2, 0.25) is 0 Å². The number of nitrogens with one attached hydrogen (secondary N) is 2. The van der Waals surface area contributed by atoms with Crippen molar-refractivity contribution in [2.45, 2.75) is 43.7 Å². The van der Waals surface area contributed by atoms with Gasteiger partial charge in [0.15, 0.2) is 0 Å². The summed E-state index contributed by atoms with van der Waals surface area (Å²) >= 11 is 0. The highest BCUT2D eigenvalue weighted by atomic mass is 35.5. The molecule has 1 heterocycles. The molecule has 0 radical (unpaired) electrons. The molecule has 1 saturated heterocycles. The van der Waals surface area contributed by atoms with Gasteiger partial charge >= 0.3 is 0 Å². The molecule has 0 bridgehead atoms. The second-order valence-corrected chi connectivity index (χ2v) is 8.22. The maximum Gasteiger partial charge on any atom is 0.253 e. The van der Waals surface area contributed by atoms with E-state index in [1.807, 2.05) is 0 Å². The van der Waals surface area contributed by atoms with Crippen molar-refractivity contribution >= 4 is 28.3 Å². The first kappa shape index (κ1) is 22.7. The van der Waals surface area contributed by atoms with Crippen LogP contribution in [-0.2, 0) is 10.0 Å². The van der Waals surface area contributed by atoms with Gasteiger partial charge in [-0.1, -0.05) is 0 Å². The van der Waals surface area contributed by atoms with Gasteiger partial charge in [-0.2, -0.15) is 0 Å². The third-order valence-corrected chi connectivity index (χ3v) is 5.95. The van der Waals surface area contributed by atoms with E-state index in [1.165, 1.54) is 19.2 Å². The lowest BCUT2D eigenvalue weighted by Crippen LogP contribution is -2.44. The van der Waals surface area contributed by atoms with Crippen LogP contribution in [0.5, 0.6) is 5.75 Å². The Kier molecular flexibility index (Phi) is 8.33. The Morgan fingerprint density at radius 1 is 1.31 bits per heavy atom. The zero-order chi connectivity index (χ0) is 18.6. The second-order valence-electron chi connectivity index (χ2n) is 6.54. The largest absolute Gasteiger partial charge is 0.495 e. The van der Waals surface area contributed by atoms with E-state index in [0.717, 1.165) is 25.9 Å². The maximum absolute atomic E-state index is 12.8. The van der Waals surface area contributed by atoms with Crippen molar-refractivity contribution in [1.82, 2.24) is 14.9 Å². The molecule has 1 fully saturated rings. The van der Waals surface area contributed by atoms with Crippen LogP contribution in [-0.4, -0.2) is 58.6 Å². The van der Waals surface area contributed by atoms with Gasteiger partial charge in [-0.3, -0.25) is 4.79 Å². The van der Waals surface area contributed by atoms with E-state index >= 15 is 0 Å². The summed E-state index contributed by atoms with van der Waals surface area (Å²) in [6.07, 6.45) is 1.77. The normalized spacial score (nSPS) is 15.4. The van der Waals surface area contributed by atoms with Crippen LogP contribution in [0.15, 0.2) is 23.1 Å². The smallest absolute Gasteiger partial charge is 0.253 e. The Hall–Kier alpha value is -1.35. The number of rotatable bonds is 6. The standard InChI is InChI=1S/C17H27N3O4S.ClH/c1-12(2)19-25(22,23)16-11-13(5-6-15(16)24-4)17(21)20(3)14-7-9-18-10-8-14;/h5-6,11-12,14,18-19H,7-10H2,1-4H3;1H. The van der Waals surface area contributed by atoms with Gasteiger partial charge in [-0.05, 0) is 58.0 Å².